The number of hydrogen-bond donors (Lipinski definition) is 4. The van der Waals surface area contributed by atoms with Crippen LogP contribution in [-0.4, -0.2) is 60.9 Å². The van der Waals surface area contributed by atoms with E-state index < -0.39 is 37.1 Å². The second kappa shape index (κ2) is 4.37. The first-order valence-electron chi connectivity index (χ1n) is 4.88. The van der Waals surface area contributed by atoms with Crippen LogP contribution >= 0.6 is 0 Å². The molecule has 2 rings (SSSR count). The zero-order valence-corrected chi connectivity index (χ0v) is 8.67. The van der Waals surface area contributed by atoms with Crippen molar-refractivity contribution in [3.63, 3.8) is 0 Å². The van der Waals surface area contributed by atoms with Gasteiger partial charge in [-0.15, -0.1) is 5.10 Å². The largest absolute Gasteiger partial charge is 0.394 e. The van der Waals surface area contributed by atoms with Gasteiger partial charge in [0.25, 0.3) is 5.91 Å². The Labute approximate surface area is 95.4 Å². The third-order valence-corrected chi connectivity index (χ3v) is 2.51. The number of aliphatic hydroxyl groups excluding tert-OH is 3. The Hall–Kier alpha value is -1.55. The molecule has 0 aliphatic carbocycles. The van der Waals surface area contributed by atoms with E-state index in [9.17, 15) is 15.0 Å². The number of rotatable bonds is 3. The number of nitrogens with two attached hydrogens (primary N) is 1. The summed E-state index contributed by atoms with van der Waals surface area (Å²) in [6.45, 7) is -0.438. The molecule has 1 fully saturated rings. The Morgan fingerprint density at radius 2 is 2.24 bits per heavy atom. The van der Waals surface area contributed by atoms with E-state index in [-0.39, 0.29) is 5.82 Å². The summed E-state index contributed by atoms with van der Waals surface area (Å²) >= 11 is 0. The summed E-state index contributed by atoms with van der Waals surface area (Å²) in [6, 6.07) is 0. The summed E-state index contributed by atoms with van der Waals surface area (Å²) in [5.41, 5.74) is 4.97. The molecule has 2 heterocycles. The van der Waals surface area contributed by atoms with E-state index in [2.05, 4.69) is 10.1 Å². The second-order valence-electron chi connectivity index (χ2n) is 3.64. The van der Waals surface area contributed by atoms with Crippen LogP contribution in [0.3, 0.4) is 0 Å². The van der Waals surface area contributed by atoms with E-state index in [1.807, 2.05) is 0 Å². The van der Waals surface area contributed by atoms with E-state index >= 15 is 0 Å². The van der Waals surface area contributed by atoms with Gasteiger partial charge in [-0.2, -0.15) is 0 Å². The highest BCUT2D eigenvalue weighted by Crippen LogP contribution is 2.28. The molecule has 0 radical (unpaired) electrons. The fourth-order valence-corrected chi connectivity index (χ4v) is 1.61. The standard InChI is InChI=1S/C8H12N4O5/c9-6(16)7-10-2-12(11-7)8-5(15)4(14)3(1-13)17-8/h2-5,8,13-15H,1H2,(H2,9,16)/t3-,4?,5-,8-/m1/s1. The number of aliphatic hydroxyl groups is 3. The van der Waals surface area contributed by atoms with Gasteiger partial charge in [-0.1, -0.05) is 0 Å². The fraction of sp³-hybridized carbons (Fsp3) is 0.625. The monoisotopic (exact) mass is 244 g/mol. The van der Waals surface area contributed by atoms with Crippen LogP contribution in [0.15, 0.2) is 6.33 Å². The molecule has 1 aliphatic heterocycles. The molecule has 0 aromatic carbocycles. The van der Waals surface area contributed by atoms with Crippen molar-refractivity contribution < 1.29 is 24.9 Å². The van der Waals surface area contributed by atoms with Gasteiger partial charge in [-0.3, -0.25) is 4.79 Å². The predicted octanol–water partition coefficient (Wildman–Crippen LogP) is -3.01. The van der Waals surface area contributed by atoms with Crippen LogP contribution in [-0.2, 0) is 4.74 Å². The van der Waals surface area contributed by atoms with E-state index in [1.54, 1.807) is 0 Å². The molecule has 4 atom stereocenters. The van der Waals surface area contributed by atoms with Crippen molar-refractivity contribution in [3.8, 4) is 0 Å². The van der Waals surface area contributed by atoms with Crippen molar-refractivity contribution in [1.82, 2.24) is 14.8 Å². The highest BCUT2D eigenvalue weighted by molar-refractivity contribution is 5.88. The molecule has 1 unspecified atom stereocenters. The van der Waals surface area contributed by atoms with Gasteiger partial charge in [0.05, 0.1) is 6.61 Å². The Bertz CT molecular complexity index is 422. The molecule has 0 spiro atoms. The van der Waals surface area contributed by atoms with Gasteiger partial charge < -0.3 is 25.8 Å². The summed E-state index contributed by atoms with van der Waals surface area (Å²) < 4.78 is 6.25. The maximum absolute atomic E-state index is 10.8. The molecule has 1 aromatic heterocycles. The number of carbonyl (C=O) groups excluding carboxylic acids is 1. The summed E-state index contributed by atoms with van der Waals surface area (Å²) in [5, 5.41) is 31.8. The van der Waals surface area contributed by atoms with Crippen LogP contribution in [0.4, 0.5) is 0 Å². The zero-order valence-electron chi connectivity index (χ0n) is 8.67. The molecule has 9 heteroatoms. The van der Waals surface area contributed by atoms with E-state index in [0.717, 1.165) is 11.0 Å². The molecule has 1 saturated heterocycles. The van der Waals surface area contributed by atoms with E-state index in [4.69, 9.17) is 15.6 Å². The minimum absolute atomic E-state index is 0.220. The van der Waals surface area contributed by atoms with Crippen LogP contribution in [0, 0.1) is 0 Å². The van der Waals surface area contributed by atoms with Crippen LogP contribution in [0.25, 0.3) is 0 Å². The van der Waals surface area contributed by atoms with Crippen LogP contribution in [0.5, 0.6) is 0 Å². The molecule has 17 heavy (non-hydrogen) atoms. The Morgan fingerprint density at radius 1 is 1.53 bits per heavy atom. The summed E-state index contributed by atoms with van der Waals surface area (Å²) in [7, 11) is 0. The van der Waals surface area contributed by atoms with Gasteiger partial charge >= 0.3 is 0 Å². The molecule has 0 saturated carbocycles. The first-order chi connectivity index (χ1) is 8.04. The summed E-state index contributed by atoms with van der Waals surface area (Å²) in [6.07, 6.45) is -3.26. The van der Waals surface area contributed by atoms with Crippen molar-refractivity contribution in [2.24, 2.45) is 5.73 Å². The van der Waals surface area contributed by atoms with Crippen molar-refractivity contribution in [3.05, 3.63) is 12.2 Å². The second-order valence-corrected chi connectivity index (χ2v) is 3.64. The average molecular weight is 244 g/mol. The lowest BCUT2D eigenvalue weighted by molar-refractivity contribution is -0.0588. The zero-order chi connectivity index (χ0) is 12.6. The number of ether oxygens (including phenoxy) is 1. The predicted molar refractivity (Wildman–Crippen MR) is 51.5 cm³/mol. The number of carbonyl (C=O) groups is 1. The van der Waals surface area contributed by atoms with Crippen molar-refractivity contribution >= 4 is 5.91 Å². The molecule has 1 amide bonds. The molecular formula is C8H12N4O5. The maximum Gasteiger partial charge on any atom is 0.288 e. The van der Waals surface area contributed by atoms with Crippen LogP contribution in [0.1, 0.15) is 16.8 Å². The number of aromatic nitrogens is 3. The quantitative estimate of drug-likeness (QED) is 0.443. The minimum atomic E-state index is -1.27. The number of primary amides is 1. The highest BCUT2D eigenvalue weighted by Gasteiger charge is 2.43. The number of amides is 1. The first-order valence-corrected chi connectivity index (χ1v) is 4.88. The third-order valence-electron chi connectivity index (χ3n) is 2.51. The SMILES string of the molecule is NC(=O)c1ncn([C@@H]2O[C@H](CO)C(O)[C@H]2O)n1. The summed E-state index contributed by atoms with van der Waals surface area (Å²) in [5.74, 6) is -1.03. The van der Waals surface area contributed by atoms with Crippen molar-refractivity contribution in [2.75, 3.05) is 6.61 Å². The Balaban J connectivity index is 2.19. The Kier molecular flexibility index (Phi) is 3.07. The molecule has 1 aromatic rings. The van der Waals surface area contributed by atoms with Gasteiger partial charge in [0, 0.05) is 0 Å². The van der Waals surface area contributed by atoms with Crippen molar-refractivity contribution in [1.29, 1.82) is 0 Å². The molecule has 9 nitrogen and oxygen atoms in total. The normalized spacial score (nSPS) is 32.9. The van der Waals surface area contributed by atoms with E-state index in [0.29, 0.717) is 0 Å². The number of hydrogen-bond acceptors (Lipinski definition) is 7. The van der Waals surface area contributed by atoms with Gasteiger partial charge in [-0.25, -0.2) is 9.67 Å². The first kappa shape index (κ1) is 11.9. The van der Waals surface area contributed by atoms with Gasteiger partial charge in [0.1, 0.15) is 24.6 Å². The highest BCUT2D eigenvalue weighted by atomic mass is 16.6. The Morgan fingerprint density at radius 3 is 2.71 bits per heavy atom. The van der Waals surface area contributed by atoms with E-state index in [1.165, 1.54) is 0 Å². The van der Waals surface area contributed by atoms with Crippen LogP contribution in [0.2, 0.25) is 0 Å². The maximum atomic E-state index is 10.8. The molecule has 94 valence electrons. The average Bonchev–Trinajstić information content (AvgIpc) is 2.87. The molecule has 0 bridgehead atoms. The molecule has 1 aliphatic rings. The third kappa shape index (κ3) is 2.00. The fourth-order valence-electron chi connectivity index (χ4n) is 1.61. The topological polar surface area (TPSA) is 144 Å². The van der Waals surface area contributed by atoms with Gasteiger partial charge in [-0.05, 0) is 0 Å². The number of nitrogens with zero attached hydrogens (tertiary/aromatic N) is 3. The lowest BCUT2D eigenvalue weighted by Gasteiger charge is -2.13. The molecule has 5 N–H and O–H groups in total. The van der Waals surface area contributed by atoms with Crippen LogP contribution < -0.4 is 5.73 Å². The lowest BCUT2D eigenvalue weighted by atomic mass is 10.1. The lowest BCUT2D eigenvalue weighted by Crippen LogP contribution is -2.33. The van der Waals surface area contributed by atoms with Gasteiger partial charge in [0.15, 0.2) is 6.23 Å². The van der Waals surface area contributed by atoms with Gasteiger partial charge in [0.2, 0.25) is 5.82 Å². The molecular weight excluding hydrogens is 232 g/mol. The smallest absolute Gasteiger partial charge is 0.288 e. The minimum Gasteiger partial charge on any atom is -0.394 e. The summed E-state index contributed by atoms with van der Waals surface area (Å²) in [4.78, 5) is 14.4. The van der Waals surface area contributed by atoms with Crippen molar-refractivity contribution in [2.45, 2.75) is 24.5 Å².